The zero-order chi connectivity index (χ0) is 17.1. The molecule has 1 fully saturated rings. The van der Waals surface area contributed by atoms with Gasteiger partial charge in [-0.25, -0.2) is 4.98 Å². The van der Waals surface area contributed by atoms with Crippen molar-refractivity contribution in [1.82, 2.24) is 9.88 Å². The van der Waals surface area contributed by atoms with Crippen molar-refractivity contribution in [3.05, 3.63) is 66.6 Å². The highest BCUT2D eigenvalue weighted by Crippen LogP contribution is 2.21. The topological polar surface area (TPSA) is 52.7 Å². The molecule has 5 heteroatoms. The lowest BCUT2D eigenvalue weighted by Gasteiger charge is -2.35. The molecule has 1 aliphatic heterocycles. The van der Waals surface area contributed by atoms with Crippen molar-refractivity contribution in [3.63, 3.8) is 0 Å². The highest BCUT2D eigenvalue weighted by Gasteiger charge is 2.18. The summed E-state index contributed by atoms with van der Waals surface area (Å²) >= 11 is 0. The lowest BCUT2D eigenvalue weighted by molar-refractivity contribution is 0.247. The Morgan fingerprint density at radius 3 is 2.36 bits per heavy atom. The summed E-state index contributed by atoms with van der Waals surface area (Å²) in [6.45, 7) is 4.70. The van der Waals surface area contributed by atoms with Crippen LogP contribution in [-0.4, -0.2) is 41.2 Å². The van der Waals surface area contributed by atoms with E-state index < -0.39 is 0 Å². The minimum Gasteiger partial charge on any atom is -0.508 e. The highest BCUT2D eigenvalue weighted by atomic mass is 16.3. The molecule has 4 rings (SSSR count). The van der Waals surface area contributed by atoms with Crippen LogP contribution in [0.4, 0.5) is 5.69 Å². The molecule has 0 bridgehead atoms. The summed E-state index contributed by atoms with van der Waals surface area (Å²) in [6.07, 6.45) is 1.76. The minimum atomic E-state index is 0.308. The molecule has 1 N–H and O–H groups in total. The number of phenolic OH excluding ortho intramolecular Hbond substituents is 1. The van der Waals surface area contributed by atoms with Gasteiger partial charge in [0.1, 0.15) is 12.0 Å². The fourth-order valence-corrected chi connectivity index (χ4v) is 3.15. The summed E-state index contributed by atoms with van der Waals surface area (Å²) < 4.78 is 5.62. The van der Waals surface area contributed by atoms with Gasteiger partial charge in [0.05, 0.1) is 5.69 Å². The second-order valence-electron chi connectivity index (χ2n) is 6.29. The van der Waals surface area contributed by atoms with E-state index in [1.807, 2.05) is 42.5 Å². The number of rotatable bonds is 4. The fourth-order valence-electron chi connectivity index (χ4n) is 3.15. The SMILES string of the molecule is Oc1ccc(N2CCN(Cc3coc(-c4ccccc4)n3)CC2)cc1. The molecule has 1 saturated heterocycles. The third kappa shape index (κ3) is 3.67. The molecule has 0 saturated carbocycles. The Bertz CT molecular complexity index is 806. The number of phenols is 1. The maximum absolute atomic E-state index is 9.40. The number of benzene rings is 2. The number of aromatic nitrogens is 1. The zero-order valence-corrected chi connectivity index (χ0v) is 14.0. The quantitative estimate of drug-likeness (QED) is 0.792. The lowest BCUT2D eigenvalue weighted by Crippen LogP contribution is -2.46. The van der Waals surface area contributed by atoms with Gasteiger partial charge in [0, 0.05) is 44.0 Å². The average molecular weight is 335 g/mol. The Morgan fingerprint density at radius 1 is 0.920 bits per heavy atom. The summed E-state index contributed by atoms with van der Waals surface area (Å²) in [5.74, 6) is 0.987. The third-order valence-corrected chi connectivity index (χ3v) is 4.55. The van der Waals surface area contributed by atoms with E-state index in [-0.39, 0.29) is 0 Å². The number of piperazine rings is 1. The Labute approximate surface area is 147 Å². The van der Waals surface area contributed by atoms with Crippen LogP contribution in [0.2, 0.25) is 0 Å². The average Bonchev–Trinajstić information content (AvgIpc) is 3.12. The first-order valence-corrected chi connectivity index (χ1v) is 8.54. The molecule has 0 aliphatic carbocycles. The van der Waals surface area contributed by atoms with Gasteiger partial charge >= 0.3 is 0 Å². The number of hydrogen-bond donors (Lipinski definition) is 1. The van der Waals surface area contributed by atoms with Crippen molar-refractivity contribution >= 4 is 5.69 Å². The Balaban J connectivity index is 1.34. The zero-order valence-electron chi connectivity index (χ0n) is 14.0. The first-order valence-electron chi connectivity index (χ1n) is 8.54. The van der Waals surface area contributed by atoms with E-state index in [1.165, 1.54) is 0 Å². The van der Waals surface area contributed by atoms with Gasteiger partial charge in [-0.15, -0.1) is 0 Å². The maximum Gasteiger partial charge on any atom is 0.226 e. The van der Waals surface area contributed by atoms with E-state index in [4.69, 9.17) is 4.42 Å². The Hall–Kier alpha value is -2.79. The smallest absolute Gasteiger partial charge is 0.226 e. The van der Waals surface area contributed by atoms with Gasteiger partial charge in [-0.3, -0.25) is 4.90 Å². The first kappa shape index (κ1) is 15.7. The van der Waals surface area contributed by atoms with Crippen LogP contribution >= 0.6 is 0 Å². The van der Waals surface area contributed by atoms with Gasteiger partial charge in [0.15, 0.2) is 0 Å². The molecule has 1 aromatic heterocycles. The van der Waals surface area contributed by atoms with Crippen LogP contribution in [0.15, 0.2) is 65.3 Å². The van der Waals surface area contributed by atoms with E-state index in [2.05, 4.69) is 14.8 Å². The predicted octanol–water partition coefficient (Wildman–Crippen LogP) is 3.37. The summed E-state index contributed by atoms with van der Waals surface area (Å²) in [7, 11) is 0. The molecule has 128 valence electrons. The van der Waals surface area contributed by atoms with Crippen LogP contribution in [0.25, 0.3) is 11.5 Å². The third-order valence-electron chi connectivity index (χ3n) is 4.55. The molecule has 1 aliphatic rings. The van der Waals surface area contributed by atoms with Gasteiger partial charge in [-0.2, -0.15) is 0 Å². The molecule has 0 atom stereocenters. The van der Waals surface area contributed by atoms with E-state index in [9.17, 15) is 5.11 Å². The molecule has 0 spiro atoms. The lowest BCUT2D eigenvalue weighted by atomic mass is 10.2. The number of oxazole rings is 1. The second kappa shape index (κ2) is 6.99. The molecule has 5 nitrogen and oxygen atoms in total. The maximum atomic E-state index is 9.40. The van der Waals surface area contributed by atoms with Crippen LogP contribution in [0.5, 0.6) is 5.75 Å². The Kier molecular flexibility index (Phi) is 4.39. The van der Waals surface area contributed by atoms with Crippen molar-refractivity contribution in [3.8, 4) is 17.2 Å². The molecule has 2 aromatic carbocycles. The summed E-state index contributed by atoms with van der Waals surface area (Å²) in [5, 5.41) is 9.40. The normalized spacial score (nSPS) is 15.4. The predicted molar refractivity (Wildman–Crippen MR) is 97.5 cm³/mol. The van der Waals surface area contributed by atoms with E-state index in [0.29, 0.717) is 11.6 Å². The largest absolute Gasteiger partial charge is 0.508 e. The van der Waals surface area contributed by atoms with Crippen LogP contribution in [0.1, 0.15) is 5.69 Å². The number of aromatic hydroxyl groups is 1. The minimum absolute atomic E-state index is 0.308. The summed E-state index contributed by atoms with van der Waals surface area (Å²) in [5.41, 5.74) is 3.13. The Morgan fingerprint density at radius 2 is 1.64 bits per heavy atom. The van der Waals surface area contributed by atoms with Crippen LogP contribution in [0, 0.1) is 0 Å². The van der Waals surface area contributed by atoms with Gasteiger partial charge in [0.2, 0.25) is 5.89 Å². The van der Waals surface area contributed by atoms with Gasteiger partial charge < -0.3 is 14.4 Å². The van der Waals surface area contributed by atoms with Gasteiger partial charge in [-0.1, -0.05) is 18.2 Å². The molecular formula is C20H21N3O2. The monoisotopic (exact) mass is 335 g/mol. The molecular weight excluding hydrogens is 314 g/mol. The van der Waals surface area contributed by atoms with Crippen molar-refractivity contribution in [2.45, 2.75) is 6.54 Å². The standard InChI is InChI=1S/C20H21N3O2/c24-19-8-6-18(7-9-19)23-12-10-22(11-13-23)14-17-15-25-20(21-17)16-4-2-1-3-5-16/h1-9,15,24H,10-14H2. The molecule has 0 unspecified atom stereocenters. The number of hydrogen-bond acceptors (Lipinski definition) is 5. The van der Waals surface area contributed by atoms with Crippen molar-refractivity contribution in [2.75, 3.05) is 31.1 Å². The van der Waals surface area contributed by atoms with Crippen LogP contribution in [-0.2, 0) is 6.54 Å². The molecule has 2 heterocycles. The first-order chi connectivity index (χ1) is 12.3. The summed E-state index contributed by atoms with van der Waals surface area (Å²) in [4.78, 5) is 9.35. The molecule has 3 aromatic rings. The molecule has 0 amide bonds. The highest BCUT2D eigenvalue weighted by molar-refractivity contribution is 5.52. The van der Waals surface area contributed by atoms with Crippen molar-refractivity contribution in [1.29, 1.82) is 0 Å². The van der Waals surface area contributed by atoms with E-state index in [1.54, 1.807) is 18.4 Å². The van der Waals surface area contributed by atoms with Crippen molar-refractivity contribution < 1.29 is 9.52 Å². The van der Waals surface area contributed by atoms with Crippen molar-refractivity contribution in [2.24, 2.45) is 0 Å². The van der Waals surface area contributed by atoms with E-state index >= 15 is 0 Å². The van der Waals surface area contributed by atoms with Crippen LogP contribution < -0.4 is 4.90 Å². The fraction of sp³-hybridized carbons (Fsp3) is 0.250. The second-order valence-corrected chi connectivity index (χ2v) is 6.29. The van der Waals surface area contributed by atoms with Gasteiger partial charge in [-0.05, 0) is 36.4 Å². The molecule has 25 heavy (non-hydrogen) atoms. The van der Waals surface area contributed by atoms with Crippen LogP contribution in [0.3, 0.4) is 0 Å². The van der Waals surface area contributed by atoms with Gasteiger partial charge in [0.25, 0.3) is 0 Å². The summed E-state index contributed by atoms with van der Waals surface area (Å²) in [6, 6.07) is 17.4. The number of anilines is 1. The molecule has 0 radical (unpaired) electrons. The van der Waals surface area contributed by atoms with E-state index in [0.717, 1.165) is 49.7 Å². The number of nitrogens with zero attached hydrogens (tertiary/aromatic N) is 3.